The van der Waals surface area contributed by atoms with Gasteiger partial charge in [-0.3, -0.25) is 20.4 Å². The van der Waals surface area contributed by atoms with E-state index in [4.69, 9.17) is 14.2 Å². The molecule has 10 heteroatoms. The Morgan fingerprint density at radius 1 is 0.682 bits per heavy atom. The maximum absolute atomic E-state index is 12.5. The van der Waals surface area contributed by atoms with Crippen molar-refractivity contribution in [3.05, 3.63) is 65.2 Å². The number of ether oxygens (including phenoxy) is 4. The first-order chi connectivity index (χ1) is 21.5. The Labute approximate surface area is 260 Å². The van der Waals surface area contributed by atoms with Gasteiger partial charge >= 0.3 is 5.97 Å². The van der Waals surface area contributed by atoms with Gasteiger partial charge < -0.3 is 23.8 Å². The van der Waals surface area contributed by atoms with Gasteiger partial charge in [0.2, 0.25) is 0 Å². The van der Waals surface area contributed by atoms with Crippen molar-refractivity contribution in [2.75, 3.05) is 40.5 Å². The average molecular weight is 610 g/mol. The van der Waals surface area contributed by atoms with Gasteiger partial charge in [0.1, 0.15) is 11.9 Å². The van der Waals surface area contributed by atoms with E-state index in [1.54, 1.807) is 31.4 Å². The van der Waals surface area contributed by atoms with Gasteiger partial charge in [0.05, 0.1) is 18.8 Å². The van der Waals surface area contributed by atoms with E-state index >= 15 is 0 Å². The second kappa shape index (κ2) is 17.7. The van der Waals surface area contributed by atoms with Gasteiger partial charge in [0.25, 0.3) is 11.8 Å². The van der Waals surface area contributed by atoms with Crippen LogP contribution in [-0.4, -0.2) is 81.5 Å². The summed E-state index contributed by atoms with van der Waals surface area (Å²) in [5.41, 5.74) is 5.84. The molecule has 2 aromatic carbocycles. The van der Waals surface area contributed by atoms with Gasteiger partial charge in [-0.1, -0.05) is 12.8 Å². The van der Waals surface area contributed by atoms with Crippen molar-refractivity contribution in [3.8, 4) is 5.75 Å². The lowest BCUT2D eigenvalue weighted by atomic mass is 9.90. The number of amides is 2. The third-order valence-electron chi connectivity index (χ3n) is 8.51. The highest BCUT2D eigenvalue weighted by atomic mass is 16.5. The minimum atomic E-state index is -0.498. The molecule has 2 amide bonds. The van der Waals surface area contributed by atoms with Gasteiger partial charge in [-0.15, -0.1) is 0 Å². The van der Waals surface area contributed by atoms with Crippen LogP contribution in [0, 0.1) is 0 Å². The van der Waals surface area contributed by atoms with E-state index in [0.717, 1.165) is 70.6 Å². The van der Waals surface area contributed by atoms with Crippen molar-refractivity contribution in [1.82, 2.24) is 15.8 Å². The van der Waals surface area contributed by atoms with E-state index in [1.807, 2.05) is 0 Å². The van der Waals surface area contributed by atoms with E-state index < -0.39 is 17.8 Å². The second-order valence-corrected chi connectivity index (χ2v) is 11.6. The van der Waals surface area contributed by atoms with E-state index in [0.29, 0.717) is 28.8 Å². The molecule has 0 aromatic heterocycles. The van der Waals surface area contributed by atoms with Gasteiger partial charge in [0.15, 0.2) is 0 Å². The zero-order chi connectivity index (χ0) is 31.1. The van der Waals surface area contributed by atoms with Crippen LogP contribution < -0.4 is 15.6 Å². The number of nitrogens with zero attached hydrogens (tertiary/aromatic N) is 1. The maximum Gasteiger partial charge on any atom is 0.337 e. The molecule has 0 spiro atoms. The first-order valence-electron chi connectivity index (χ1n) is 15.9. The van der Waals surface area contributed by atoms with Crippen LogP contribution >= 0.6 is 0 Å². The number of likely N-dealkylation sites (tertiary alicyclic amines) is 1. The molecule has 1 aliphatic carbocycles. The fourth-order valence-electron chi connectivity index (χ4n) is 5.90. The Bertz CT molecular complexity index is 1170. The van der Waals surface area contributed by atoms with E-state index in [9.17, 15) is 14.4 Å². The summed E-state index contributed by atoms with van der Waals surface area (Å²) in [4.78, 5) is 39.1. The number of esters is 1. The van der Waals surface area contributed by atoms with Crippen LogP contribution in [0.4, 0.5) is 0 Å². The highest BCUT2D eigenvalue weighted by Crippen LogP contribution is 2.28. The van der Waals surface area contributed by atoms with Gasteiger partial charge in [0, 0.05) is 50.6 Å². The van der Waals surface area contributed by atoms with Gasteiger partial charge in [-0.2, -0.15) is 0 Å². The fourth-order valence-corrected chi connectivity index (χ4v) is 5.90. The Morgan fingerprint density at radius 2 is 1.23 bits per heavy atom. The smallest absolute Gasteiger partial charge is 0.337 e. The molecule has 1 saturated heterocycles. The molecule has 10 nitrogen and oxygen atoms in total. The molecule has 2 aliphatic rings. The second-order valence-electron chi connectivity index (χ2n) is 11.6. The molecule has 2 aromatic rings. The lowest BCUT2D eigenvalue weighted by Gasteiger charge is -2.40. The molecule has 4 rings (SSSR count). The summed E-state index contributed by atoms with van der Waals surface area (Å²) in [5.74, 6) is -0.700. The molecule has 44 heavy (non-hydrogen) atoms. The molecule has 1 heterocycles. The Kier molecular flexibility index (Phi) is 13.5. The van der Waals surface area contributed by atoms with E-state index in [1.165, 1.54) is 57.1 Å². The summed E-state index contributed by atoms with van der Waals surface area (Å²) in [5, 5.41) is 0. The van der Waals surface area contributed by atoms with E-state index in [2.05, 4.69) is 20.5 Å². The van der Waals surface area contributed by atoms with Crippen LogP contribution in [-0.2, 0) is 14.2 Å². The predicted octanol–water partition coefficient (Wildman–Crippen LogP) is 4.93. The van der Waals surface area contributed by atoms with Crippen molar-refractivity contribution in [3.63, 3.8) is 0 Å². The van der Waals surface area contributed by atoms with Crippen LogP contribution in [0.3, 0.4) is 0 Å². The van der Waals surface area contributed by atoms with Crippen molar-refractivity contribution < 1.29 is 33.3 Å². The zero-order valence-corrected chi connectivity index (χ0v) is 26.1. The third kappa shape index (κ3) is 10.3. The number of rotatable bonds is 14. The quantitative estimate of drug-likeness (QED) is 0.176. The van der Waals surface area contributed by atoms with E-state index in [-0.39, 0.29) is 6.10 Å². The lowest BCUT2D eigenvalue weighted by Crippen LogP contribution is -2.46. The van der Waals surface area contributed by atoms with Gasteiger partial charge in [-0.25, -0.2) is 4.79 Å². The molecular formula is C34H47N3O7. The summed E-state index contributed by atoms with van der Waals surface area (Å²) in [6, 6.07) is 13.5. The summed E-state index contributed by atoms with van der Waals surface area (Å²) >= 11 is 0. The number of hydrogen-bond donors (Lipinski definition) is 2. The summed E-state index contributed by atoms with van der Waals surface area (Å²) < 4.78 is 22.2. The zero-order valence-electron chi connectivity index (χ0n) is 26.1. The monoisotopic (exact) mass is 609 g/mol. The van der Waals surface area contributed by atoms with Crippen LogP contribution in [0.1, 0.15) is 95.3 Å². The minimum absolute atomic E-state index is 0.152. The number of carbonyl (C=O) groups excluding carboxylic acids is 3. The highest BCUT2D eigenvalue weighted by molar-refractivity contribution is 5.99. The maximum atomic E-state index is 12.5. The van der Waals surface area contributed by atoms with Crippen LogP contribution in [0.25, 0.3) is 0 Å². The van der Waals surface area contributed by atoms with Crippen LogP contribution in [0.5, 0.6) is 5.75 Å². The molecule has 0 bridgehead atoms. The average Bonchev–Trinajstić information content (AvgIpc) is 3.07. The molecule has 1 aliphatic heterocycles. The summed E-state index contributed by atoms with van der Waals surface area (Å²) in [6.07, 6.45) is 11.9. The highest BCUT2D eigenvalue weighted by Gasteiger charge is 2.30. The summed E-state index contributed by atoms with van der Waals surface area (Å²) in [6.45, 7) is 3.80. The molecular weight excluding hydrogens is 562 g/mol. The van der Waals surface area contributed by atoms with Crippen molar-refractivity contribution >= 4 is 17.8 Å². The fraction of sp³-hybridized carbons (Fsp3) is 0.559. The number of carbonyl (C=O) groups is 3. The van der Waals surface area contributed by atoms with Crippen molar-refractivity contribution in [2.24, 2.45) is 0 Å². The Balaban J connectivity index is 1.10. The number of nitrogens with one attached hydrogen (secondary N) is 2. The lowest BCUT2D eigenvalue weighted by molar-refractivity contribution is -0.00423. The summed E-state index contributed by atoms with van der Waals surface area (Å²) in [7, 11) is 3.05. The molecule has 0 unspecified atom stereocenters. The Morgan fingerprint density at radius 3 is 1.80 bits per heavy atom. The van der Waals surface area contributed by atoms with Crippen LogP contribution in [0.2, 0.25) is 0 Å². The number of piperidine rings is 1. The Hall–Kier alpha value is -3.47. The number of hydrogen-bond acceptors (Lipinski definition) is 8. The molecule has 0 atom stereocenters. The first-order valence-corrected chi connectivity index (χ1v) is 15.9. The standard InChI is InChI=1S/C34H47N3O7/c1-41-23-5-3-4-6-24-43-29-17-13-28(14-18-29)37-21-19-31(20-22-37)44-30-15-11-26(12-16-30)33(39)36-35-32(38)25-7-9-27(10-8-25)34(40)42-2/h7-12,15-16,28-29,31H,3-6,13-14,17-24H2,1-2H3,(H,35,38)(H,36,39). The first kappa shape index (κ1) is 33.4. The largest absolute Gasteiger partial charge is 0.490 e. The minimum Gasteiger partial charge on any atom is -0.490 e. The molecule has 1 saturated carbocycles. The SMILES string of the molecule is COCCCCCCOC1CCC(N2CCC(Oc3ccc(C(=O)NNC(=O)c4ccc(C(=O)OC)cc4)cc3)CC2)CC1. The molecule has 240 valence electrons. The van der Waals surface area contributed by atoms with Crippen molar-refractivity contribution in [2.45, 2.75) is 82.5 Å². The normalized spacial score (nSPS) is 19.2. The van der Waals surface area contributed by atoms with Crippen molar-refractivity contribution in [1.29, 1.82) is 0 Å². The topological polar surface area (TPSA) is 115 Å². The number of methoxy groups -OCH3 is 2. The van der Waals surface area contributed by atoms with Crippen LogP contribution in [0.15, 0.2) is 48.5 Å². The molecule has 2 fully saturated rings. The molecule has 0 radical (unpaired) electrons. The third-order valence-corrected chi connectivity index (χ3v) is 8.51. The number of hydrazine groups is 1. The van der Waals surface area contributed by atoms with Gasteiger partial charge in [-0.05, 0) is 99.9 Å². The predicted molar refractivity (Wildman–Crippen MR) is 167 cm³/mol. The number of unbranched alkanes of at least 4 members (excludes halogenated alkanes) is 3. The number of benzene rings is 2. The molecule has 2 N–H and O–H groups in total.